The van der Waals surface area contributed by atoms with E-state index in [4.69, 9.17) is 5.73 Å². The van der Waals surface area contributed by atoms with Crippen LogP contribution < -0.4 is 11.1 Å². The zero-order valence-electron chi connectivity index (χ0n) is 11.0. The van der Waals surface area contributed by atoms with Gasteiger partial charge in [0.05, 0.1) is 12.5 Å². The Morgan fingerprint density at radius 3 is 2.89 bits per heavy atom. The highest BCUT2D eigenvalue weighted by Crippen LogP contribution is 2.30. The lowest BCUT2D eigenvalue weighted by Crippen LogP contribution is -2.50. The topological polar surface area (TPSA) is 75.4 Å². The van der Waals surface area contributed by atoms with Crippen molar-refractivity contribution < 1.29 is 9.59 Å². The van der Waals surface area contributed by atoms with E-state index in [1.807, 2.05) is 0 Å². The van der Waals surface area contributed by atoms with Crippen LogP contribution in [0.25, 0.3) is 0 Å². The molecule has 0 aromatic carbocycles. The summed E-state index contributed by atoms with van der Waals surface area (Å²) in [5.41, 5.74) is 6.10. The van der Waals surface area contributed by atoms with Crippen molar-refractivity contribution in [3.05, 3.63) is 0 Å². The van der Waals surface area contributed by atoms with E-state index in [9.17, 15) is 9.59 Å². The van der Waals surface area contributed by atoms with E-state index < -0.39 is 0 Å². The molecule has 0 aromatic heterocycles. The molecule has 2 rings (SSSR count). The Morgan fingerprint density at radius 2 is 2.17 bits per heavy atom. The minimum Gasteiger partial charge on any atom is -0.354 e. The smallest absolute Gasteiger partial charge is 0.239 e. The minimum absolute atomic E-state index is 0.0486. The Kier molecular flexibility index (Phi) is 4.22. The third-order valence-electron chi connectivity index (χ3n) is 4.13. The number of nitrogens with two attached hydrogens (primary N) is 1. The molecule has 1 heterocycles. The van der Waals surface area contributed by atoms with Gasteiger partial charge in [-0.2, -0.15) is 0 Å². The molecule has 0 bridgehead atoms. The van der Waals surface area contributed by atoms with Gasteiger partial charge in [-0.15, -0.1) is 0 Å². The van der Waals surface area contributed by atoms with Gasteiger partial charge in [-0.3, -0.25) is 9.59 Å². The van der Waals surface area contributed by atoms with Crippen molar-refractivity contribution in [2.24, 2.45) is 17.6 Å². The lowest BCUT2D eigenvalue weighted by atomic mass is 9.76. The van der Waals surface area contributed by atoms with Crippen molar-refractivity contribution in [2.45, 2.75) is 38.6 Å². The lowest BCUT2D eigenvalue weighted by molar-refractivity contribution is -0.141. The molecule has 5 heteroatoms. The molecule has 1 aliphatic carbocycles. The number of amides is 2. The van der Waals surface area contributed by atoms with Crippen LogP contribution in [-0.2, 0) is 9.59 Å². The third-order valence-corrected chi connectivity index (χ3v) is 4.13. The molecule has 18 heavy (non-hydrogen) atoms. The first-order valence-corrected chi connectivity index (χ1v) is 6.90. The Labute approximate surface area is 108 Å². The van der Waals surface area contributed by atoms with E-state index in [2.05, 4.69) is 12.2 Å². The van der Waals surface area contributed by atoms with Gasteiger partial charge >= 0.3 is 0 Å². The van der Waals surface area contributed by atoms with E-state index in [-0.39, 0.29) is 30.3 Å². The van der Waals surface area contributed by atoms with Crippen LogP contribution in [0.2, 0.25) is 0 Å². The average molecular weight is 253 g/mol. The zero-order chi connectivity index (χ0) is 13.1. The van der Waals surface area contributed by atoms with Crippen molar-refractivity contribution in [3.63, 3.8) is 0 Å². The monoisotopic (exact) mass is 253 g/mol. The fourth-order valence-corrected chi connectivity index (χ4v) is 3.09. The number of nitrogens with zero attached hydrogens (tertiary/aromatic N) is 1. The van der Waals surface area contributed by atoms with Gasteiger partial charge in [-0.25, -0.2) is 0 Å². The standard InChI is InChI=1S/C13H23N3O2/c1-9-4-2-5-10(14)12(9)13(18)16-7-3-6-15-11(17)8-16/h9-10,12H,2-8,14H2,1H3,(H,15,17). The van der Waals surface area contributed by atoms with Gasteiger partial charge in [-0.1, -0.05) is 13.3 Å². The number of hydrogen-bond acceptors (Lipinski definition) is 3. The van der Waals surface area contributed by atoms with Crippen molar-refractivity contribution in [3.8, 4) is 0 Å². The van der Waals surface area contributed by atoms with E-state index in [1.165, 1.54) is 0 Å². The van der Waals surface area contributed by atoms with E-state index in [0.717, 1.165) is 25.7 Å². The van der Waals surface area contributed by atoms with Crippen molar-refractivity contribution >= 4 is 11.8 Å². The molecule has 0 radical (unpaired) electrons. The van der Waals surface area contributed by atoms with Gasteiger partial charge in [-0.05, 0) is 25.2 Å². The van der Waals surface area contributed by atoms with Crippen LogP contribution in [0.4, 0.5) is 0 Å². The third kappa shape index (κ3) is 2.83. The molecule has 1 saturated carbocycles. The summed E-state index contributed by atoms with van der Waals surface area (Å²) in [6.07, 6.45) is 3.91. The first-order valence-electron chi connectivity index (χ1n) is 6.90. The predicted octanol–water partition coefficient (Wildman–Crippen LogP) is 0.0984. The van der Waals surface area contributed by atoms with E-state index >= 15 is 0 Å². The summed E-state index contributed by atoms with van der Waals surface area (Å²) >= 11 is 0. The maximum absolute atomic E-state index is 12.5. The van der Waals surface area contributed by atoms with Crippen molar-refractivity contribution in [1.82, 2.24) is 10.2 Å². The Hall–Kier alpha value is -1.10. The van der Waals surface area contributed by atoms with Gasteiger partial charge in [0.25, 0.3) is 0 Å². The molecule has 0 aromatic rings. The Balaban J connectivity index is 2.06. The molecular weight excluding hydrogens is 230 g/mol. The van der Waals surface area contributed by atoms with Crippen molar-refractivity contribution in [2.75, 3.05) is 19.6 Å². The maximum atomic E-state index is 12.5. The Morgan fingerprint density at radius 1 is 1.39 bits per heavy atom. The predicted molar refractivity (Wildman–Crippen MR) is 68.7 cm³/mol. The fourth-order valence-electron chi connectivity index (χ4n) is 3.09. The van der Waals surface area contributed by atoms with Gasteiger partial charge in [0.1, 0.15) is 0 Å². The Bertz CT molecular complexity index is 322. The van der Waals surface area contributed by atoms with Crippen molar-refractivity contribution in [1.29, 1.82) is 0 Å². The molecule has 5 nitrogen and oxygen atoms in total. The highest BCUT2D eigenvalue weighted by molar-refractivity contribution is 5.86. The first-order chi connectivity index (χ1) is 8.59. The molecule has 2 amide bonds. The SMILES string of the molecule is CC1CCCC(N)C1C(=O)N1CCCNC(=O)C1. The summed E-state index contributed by atoms with van der Waals surface area (Å²) in [6.45, 7) is 3.61. The van der Waals surface area contributed by atoms with E-state index in [0.29, 0.717) is 19.0 Å². The largest absolute Gasteiger partial charge is 0.354 e. The second-order valence-electron chi connectivity index (χ2n) is 5.56. The van der Waals surface area contributed by atoms with Gasteiger partial charge in [0.2, 0.25) is 11.8 Å². The molecule has 1 saturated heterocycles. The number of rotatable bonds is 1. The summed E-state index contributed by atoms with van der Waals surface area (Å²) in [7, 11) is 0. The lowest BCUT2D eigenvalue weighted by Gasteiger charge is -2.36. The van der Waals surface area contributed by atoms with Crippen LogP contribution in [0, 0.1) is 11.8 Å². The van der Waals surface area contributed by atoms with Crippen LogP contribution in [0.5, 0.6) is 0 Å². The van der Waals surface area contributed by atoms with Gasteiger partial charge in [0.15, 0.2) is 0 Å². The van der Waals surface area contributed by atoms with E-state index in [1.54, 1.807) is 4.90 Å². The molecule has 2 fully saturated rings. The second kappa shape index (κ2) is 5.69. The fraction of sp³-hybridized carbons (Fsp3) is 0.846. The normalized spacial score (nSPS) is 33.8. The van der Waals surface area contributed by atoms with Crippen LogP contribution in [0.3, 0.4) is 0 Å². The average Bonchev–Trinajstić information content (AvgIpc) is 2.53. The molecule has 1 aliphatic heterocycles. The molecule has 3 atom stereocenters. The highest BCUT2D eigenvalue weighted by Gasteiger charge is 2.37. The van der Waals surface area contributed by atoms with Gasteiger partial charge < -0.3 is 16.0 Å². The van der Waals surface area contributed by atoms with Crippen LogP contribution >= 0.6 is 0 Å². The number of carbonyl (C=O) groups excluding carboxylic acids is 2. The molecule has 3 N–H and O–H groups in total. The highest BCUT2D eigenvalue weighted by atomic mass is 16.2. The van der Waals surface area contributed by atoms with Crippen LogP contribution in [-0.4, -0.2) is 42.4 Å². The summed E-state index contributed by atoms with van der Waals surface area (Å²) in [6, 6.07) is -0.0486. The second-order valence-corrected chi connectivity index (χ2v) is 5.56. The van der Waals surface area contributed by atoms with Crippen LogP contribution in [0.15, 0.2) is 0 Å². The number of carbonyl (C=O) groups is 2. The molecule has 0 spiro atoms. The van der Waals surface area contributed by atoms with Crippen LogP contribution in [0.1, 0.15) is 32.6 Å². The molecule has 2 aliphatic rings. The summed E-state index contributed by atoms with van der Waals surface area (Å²) in [5, 5.41) is 2.79. The summed E-state index contributed by atoms with van der Waals surface area (Å²) in [4.78, 5) is 25.7. The summed E-state index contributed by atoms with van der Waals surface area (Å²) in [5.74, 6) is 0.238. The molecule has 102 valence electrons. The maximum Gasteiger partial charge on any atom is 0.239 e. The quantitative estimate of drug-likeness (QED) is 0.696. The summed E-state index contributed by atoms with van der Waals surface area (Å²) < 4.78 is 0. The molecule has 3 unspecified atom stereocenters. The molecular formula is C13H23N3O2. The number of hydrogen-bond donors (Lipinski definition) is 2. The zero-order valence-corrected chi connectivity index (χ0v) is 11.0. The minimum atomic E-state index is -0.107. The number of nitrogens with one attached hydrogen (secondary N) is 1. The van der Waals surface area contributed by atoms with Gasteiger partial charge in [0, 0.05) is 19.1 Å². The first kappa shape index (κ1) is 13.3.